The number of halogens is 1. The van der Waals surface area contributed by atoms with Gasteiger partial charge < -0.3 is 4.42 Å². The summed E-state index contributed by atoms with van der Waals surface area (Å²) in [6, 6.07) is 9.68. The molecule has 3 nitrogen and oxygen atoms in total. The van der Waals surface area contributed by atoms with Gasteiger partial charge >= 0.3 is 0 Å². The Labute approximate surface area is 117 Å². The van der Waals surface area contributed by atoms with Crippen molar-refractivity contribution in [2.75, 3.05) is 0 Å². The fraction of sp³-hybridized carbons (Fsp3) is 0.0769. The number of oxazole rings is 1. The number of aromatic nitrogens is 2. The minimum atomic E-state index is 0.606. The lowest BCUT2D eigenvalue weighted by molar-refractivity contribution is 0.489. The molecule has 2 aromatic heterocycles. The maximum absolute atomic E-state index is 5.66. The summed E-state index contributed by atoms with van der Waals surface area (Å²) in [5.74, 6) is 0. The van der Waals surface area contributed by atoms with Crippen LogP contribution < -0.4 is 0 Å². The maximum atomic E-state index is 5.66. The zero-order valence-corrected chi connectivity index (χ0v) is 12.0. The average molecular weight is 321 g/mol. The number of benzene rings is 1. The summed E-state index contributed by atoms with van der Waals surface area (Å²) >= 11 is 4.95. The third-order valence-corrected chi connectivity index (χ3v) is 4.62. The second kappa shape index (κ2) is 4.74. The van der Waals surface area contributed by atoms with Crippen molar-refractivity contribution in [1.82, 2.24) is 9.97 Å². The van der Waals surface area contributed by atoms with E-state index in [1.165, 1.54) is 11.8 Å². The molecule has 0 bridgehead atoms. The first kappa shape index (κ1) is 11.7. The number of pyridine rings is 1. The van der Waals surface area contributed by atoms with Gasteiger partial charge in [-0.1, -0.05) is 12.1 Å². The molecule has 0 spiro atoms. The van der Waals surface area contributed by atoms with Crippen molar-refractivity contribution in [1.29, 1.82) is 0 Å². The summed E-state index contributed by atoms with van der Waals surface area (Å²) in [6.07, 6.45) is 1.78. The fourth-order valence-corrected chi connectivity index (χ4v) is 2.85. The monoisotopic (exact) mass is 320 g/mol. The molecular weight excluding hydrogens is 312 g/mol. The van der Waals surface area contributed by atoms with E-state index in [1.807, 2.05) is 37.3 Å². The highest BCUT2D eigenvalue weighted by atomic mass is 79.9. The standard InChI is InChI=1S/C13H9BrN2OS/c1-8-6-7-15-12(11(8)14)18-13-16-9-4-2-3-5-10(9)17-13/h2-7H,1H3. The smallest absolute Gasteiger partial charge is 0.263 e. The zero-order valence-electron chi connectivity index (χ0n) is 9.55. The van der Waals surface area contributed by atoms with Crippen molar-refractivity contribution in [2.24, 2.45) is 0 Å². The van der Waals surface area contributed by atoms with Crippen molar-refractivity contribution in [3.8, 4) is 0 Å². The third kappa shape index (κ3) is 2.15. The Kier molecular flexibility index (Phi) is 3.09. The number of hydrogen-bond acceptors (Lipinski definition) is 4. The van der Waals surface area contributed by atoms with Gasteiger partial charge in [0.05, 0.1) is 4.47 Å². The molecule has 0 atom stereocenters. The van der Waals surface area contributed by atoms with Crippen LogP contribution in [0.2, 0.25) is 0 Å². The molecule has 2 heterocycles. The van der Waals surface area contributed by atoms with Gasteiger partial charge in [0.15, 0.2) is 5.58 Å². The minimum Gasteiger partial charge on any atom is -0.431 e. The van der Waals surface area contributed by atoms with Crippen molar-refractivity contribution in [2.45, 2.75) is 17.2 Å². The molecule has 0 amide bonds. The number of para-hydroxylation sites is 2. The van der Waals surface area contributed by atoms with Gasteiger partial charge in [0.1, 0.15) is 10.5 Å². The highest BCUT2D eigenvalue weighted by Crippen LogP contribution is 2.34. The molecule has 1 aromatic carbocycles. The molecule has 0 aliphatic heterocycles. The highest BCUT2D eigenvalue weighted by Gasteiger charge is 2.11. The van der Waals surface area contributed by atoms with Gasteiger partial charge in [-0.15, -0.1) is 0 Å². The first-order valence-electron chi connectivity index (χ1n) is 5.38. The Hall–Kier alpha value is -1.33. The van der Waals surface area contributed by atoms with E-state index in [0.717, 1.165) is 26.2 Å². The van der Waals surface area contributed by atoms with E-state index in [1.54, 1.807) is 6.20 Å². The minimum absolute atomic E-state index is 0.606. The van der Waals surface area contributed by atoms with Gasteiger partial charge in [0, 0.05) is 6.20 Å². The lowest BCUT2D eigenvalue weighted by Gasteiger charge is -2.02. The summed E-state index contributed by atoms with van der Waals surface area (Å²) in [4.78, 5) is 8.73. The number of nitrogens with zero attached hydrogens (tertiary/aromatic N) is 2. The van der Waals surface area contributed by atoms with Gasteiger partial charge in [-0.3, -0.25) is 0 Å². The van der Waals surface area contributed by atoms with E-state index in [9.17, 15) is 0 Å². The number of fused-ring (bicyclic) bond motifs is 1. The van der Waals surface area contributed by atoms with Crippen LogP contribution in [-0.2, 0) is 0 Å². The Balaban J connectivity index is 1.99. The predicted octanol–water partition coefficient (Wildman–Crippen LogP) is 4.44. The molecule has 0 saturated heterocycles. The van der Waals surface area contributed by atoms with Crippen LogP contribution in [0, 0.1) is 6.92 Å². The molecule has 0 aliphatic carbocycles. The van der Waals surface area contributed by atoms with Crippen LogP contribution in [0.5, 0.6) is 0 Å². The molecule has 5 heteroatoms. The normalized spacial score (nSPS) is 11.0. The van der Waals surface area contributed by atoms with Crippen LogP contribution in [0.1, 0.15) is 5.56 Å². The lowest BCUT2D eigenvalue weighted by Crippen LogP contribution is -1.84. The molecule has 0 fully saturated rings. The molecule has 0 radical (unpaired) electrons. The van der Waals surface area contributed by atoms with E-state index in [-0.39, 0.29) is 0 Å². The molecule has 90 valence electrons. The predicted molar refractivity (Wildman–Crippen MR) is 74.8 cm³/mol. The van der Waals surface area contributed by atoms with Crippen LogP contribution >= 0.6 is 27.7 Å². The van der Waals surface area contributed by atoms with Gasteiger partial charge in [0.2, 0.25) is 0 Å². The Morgan fingerprint density at radius 1 is 1.22 bits per heavy atom. The van der Waals surface area contributed by atoms with E-state index in [2.05, 4.69) is 25.9 Å². The summed E-state index contributed by atoms with van der Waals surface area (Å²) in [5, 5.41) is 1.47. The number of hydrogen-bond donors (Lipinski definition) is 0. The molecular formula is C13H9BrN2OS. The number of rotatable bonds is 2. The van der Waals surface area contributed by atoms with E-state index >= 15 is 0 Å². The van der Waals surface area contributed by atoms with Crippen LogP contribution in [-0.4, -0.2) is 9.97 Å². The van der Waals surface area contributed by atoms with Crippen LogP contribution in [0.3, 0.4) is 0 Å². The lowest BCUT2D eigenvalue weighted by atomic mass is 10.3. The van der Waals surface area contributed by atoms with Gasteiger partial charge in [0.25, 0.3) is 5.22 Å². The van der Waals surface area contributed by atoms with Crippen molar-refractivity contribution < 1.29 is 4.42 Å². The molecule has 3 rings (SSSR count). The first-order chi connectivity index (χ1) is 8.74. The summed E-state index contributed by atoms with van der Waals surface area (Å²) < 4.78 is 6.64. The summed E-state index contributed by atoms with van der Waals surface area (Å²) in [7, 11) is 0. The topological polar surface area (TPSA) is 38.9 Å². The van der Waals surface area contributed by atoms with E-state index < -0.39 is 0 Å². The zero-order chi connectivity index (χ0) is 12.5. The summed E-state index contributed by atoms with van der Waals surface area (Å²) in [5.41, 5.74) is 2.80. The SMILES string of the molecule is Cc1ccnc(Sc2nc3ccccc3o2)c1Br. The molecule has 3 aromatic rings. The van der Waals surface area contributed by atoms with Crippen LogP contribution in [0.4, 0.5) is 0 Å². The maximum Gasteiger partial charge on any atom is 0.263 e. The molecule has 0 saturated carbocycles. The fourth-order valence-electron chi connectivity index (χ4n) is 1.56. The van der Waals surface area contributed by atoms with Gasteiger partial charge in [-0.25, -0.2) is 9.97 Å². The van der Waals surface area contributed by atoms with Crippen molar-refractivity contribution in [3.05, 3.63) is 46.6 Å². The van der Waals surface area contributed by atoms with Crippen LogP contribution in [0.15, 0.2) is 55.7 Å². The molecule has 0 N–H and O–H groups in total. The van der Waals surface area contributed by atoms with Gasteiger partial charge in [-0.05, 0) is 58.4 Å². The second-order valence-corrected chi connectivity index (χ2v) is 5.53. The van der Waals surface area contributed by atoms with E-state index in [0.29, 0.717) is 5.22 Å². The molecule has 0 aliphatic rings. The Morgan fingerprint density at radius 3 is 2.89 bits per heavy atom. The first-order valence-corrected chi connectivity index (χ1v) is 6.99. The van der Waals surface area contributed by atoms with Crippen molar-refractivity contribution >= 4 is 38.8 Å². The third-order valence-electron chi connectivity index (χ3n) is 2.51. The van der Waals surface area contributed by atoms with E-state index in [4.69, 9.17) is 4.42 Å². The Bertz CT molecular complexity index is 678. The second-order valence-electron chi connectivity index (χ2n) is 3.80. The largest absolute Gasteiger partial charge is 0.431 e. The average Bonchev–Trinajstić information content (AvgIpc) is 2.77. The summed E-state index contributed by atoms with van der Waals surface area (Å²) in [6.45, 7) is 2.03. The molecule has 0 unspecified atom stereocenters. The Morgan fingerprint density at radius 2 is 2.06 bits per heavy atom. The highest BCUT2D eigenvalue weighted by molar-refractivity contribution is 9.10. The quantitative estimate of drug-likeness (QED) is 0.699. The van der Waals surface area contributed by atoms with Crippen molar-refractivity contribution in [3.63, 3.8) is 0 Å². The number of aryl methyl sites for hydroxylation is 1. The molecule has 18 heavy (non-hydrogen) atoms. The van der Waals surface area contributed by atoms with Gasteiger partial charge in [-0.2, -0.15) is 0 Å². The van der Waals surface area contributed by atoms with Crippen LogP contribution in [0.25, 0.3) is 11.1 Å².